The minimum atomic E-state index is -0.128. The van der Waals surface area contributed by atoms with Crippen LogP contribution in [0.2, 0.25) is 0 Å². The van der Waals surface area contributed by atoms with Crippen molar-refractivity contribution in [1.82, 2.24) is 10.2 Å². The maximum atomic E-state index is 11.6. The van der Waals surface area contributed by atoms with E-state index in [2.05, 4.69) is 17.1 Å². The largest absolute Gasteiger partial charge is 0.490 e. The molecule has 94 valence electrons. The van der Waals surface area contributed by atoms with Crippen LogP contribution in [0.3, 0.4) is 0 Å². The highest BCUT2D eigenvalue weighted by Gasteiger charge is 2.19. The fraction of sp³-hybridized carbons (Fsp3) is 0.583. The Kier molecular flexibility index (Phi) is 3.81. The summed E-state index contributed by atoms with van der Waals surface area (Å²) in [6.07, 6.45) is 1.38. The maximum absolute atomic E-state index is 11.6. The van der Waals surface area contributed by atoms with Crippen molar-refractivity contribution in [3.63, 3.8) is 0 Å². The second-order valence-electron chi connectivity index (χ2n) is 4.30. The van der Waals surface area contributed by atoms with Gasteiger partial charge in [-0.15, -0.1) is 0 Å². The highest BCUT2D eigenvalue weighted by molar-refractivity contribution is 5.17. The molecule has 2 rings (SSSR count). The van der Waals surface area contributed by atoms with Gasteiger partial charge in [0, 0.05) is 31.7 Å². The fourth-order valence-corrected chi connectivity index (χ4v) is 1.99. The zero-order valence-corrected chi connectivity index (χ0v) is 10.2. The number of methoxy groups -OCH3 is 1. The molecule has 1 aromatic rings. The first-order chi connectivity index (χ1) is 8.20. The van der Waals surface area contributed by atoms with Crippen molar-refractivity contribution in [3.05, 3.63) is 28.3 Å². The van der Waals surface area contributed by atoms with Gasteiger partial charge < -0.3 is 14.5 Å². The fourth-order valence-electron chi connectivity index (χ4n) is 1.99. The summed E-state index contributed by atoms with van der Waals surface area (Å²) in [7, 11) is 1.46. The molecular weight excluding hydrogens is 220 g/mol. The average Bonchev–Trinajstić information content (AvgIpc) is 2.32. The molecule has 1 aromatic heterocycles. The summed E-state index contributed by atoms with van der Waals surface area (Å²) < 4.78 is 10.3. The van der Waals surface area contributed by atoms with Crippen molar-refractivity contribution in [2.24, 2.45) is 0 Å². The van der Waals surface area contributed by atoms with E-state index in [1.807, 2.05) is 0 Å². The first-order valence-corrected chi connectivity index (χ1v) is 5.81. The third-order valence-corrected chi connectivity index (χ3v) is 3.07. The lowest BCUT2D eigenvalue weighted by molar-refractivity contribution is 0.152. The van der Waals surface area contributed by atoms with Crippen LogP contribution in [-0.2, 0) is 6.54 Å². The quantitative estimate of drug-likeness (QED) is 0.828. The van der Waals surface area contributed by atoms with Crippen LogP contribution in [0.15, 0.2) is 21.5 Å². The van der Waals surface area contributed by atoms with Crippen LogP contribution in [0.25, 0.3) is 0 Å². The van der Waals surface area contributed by atoms with E-state index in [0.29, 0.717) is 18.3 Å². The Morgan fingerprint density at radius 3 is 3.12 bits per heavy atom. The second kappa shape index (κ2) is 5.33. The molecule has 0 bridgehead atoms. The Bertz CT molecular complexity index is 430. The van der Waals surface area contributed by atoms with Gasteiger partial charge in [0.05, 0.1) is 13.7 Å². The van der Waals surface area contributed by atoms with Gasteiger partial charge in [-0.25, -0.2) is 0 Å². The third kappa shape index (κ3) is 2.87. The van der Waals surface area contributed by atoms with Gasteiger partial charge in [-0.2, -0.15) is 0 Å². The molecule has 0 amide bonds. The van der Waals surface area contributed by atoms with Crippen molar-refractivity contribution in [1.29, 1.82) is 0 Å². The van der Waals surface area contributed by atoms with Gasteiger partial charge in [-0.3, -0.25) is 9.69 Å². The van der Waals surface area contributed by atoms with Gasteiger partial charge in [-0.05, 0) is 6.92 Å². The van der Waals surface area contributed by atoms with Crippen molar-refractivity contribution < 1.29 is 9.15 Å². The van der Waals surface area contributed by atoms with Crippen LogP contribution in [0.4, 0.5) is 0 Å². The lowest BCUT2D eigenvalue weighted by Gasteiger charge is -2.33. The van der Waals surface area contributed by atoms with Gasteiger partial charge in [0.1, 0.15) is 12.0 Å². The van der Waals surface area contributed by atoms with Crippen molar-refractivity contribution >= 4 is 0 Å². The normalized spacial score (nSPS) is 21.4. The topological polar surface area (TPSA) is 54.7 Å². The molecule has 1 fully saturated rings. The smallest absolute Gasteiger partial charge is 0.227 e. The highest BCUT2D eigenvalue weighted by atomic mass is 16.5. The van der Waals surface area contributed by atoms with Crippen LogP contribution >= 0.6 is 0 Å². The van der Waals surface area contributed by atoms with E-state index in [4.69, 9.17) is 9.15 Å². The molecule has 1 atom stereocenters. The summed E-state index contributed by atoms with van der Waals surface area (Å²) in [6, 6.07) is 1.96. The Balaban J connectivity index is 2.08. The van der Waals surface area contributed by atoms with Crippen LogP contribution < -0.4 is 15.5 Å². The van der Waals surface area contributed by atoms with Crippen LogP contribution in [0.5, 0.6) is 5.75 Å². The van der Waals surface area contributed by atoms with Crippen LogP contribution in [0.1, 0.15) is 12.7 Å². The Morgan fingerprint density at radius 1 is 1.65 bits per heavy atom. The predicted octanol–water partition coefficient (Wildman–Crippen LogP) is 0.442. The van der Waals surface area contributed by atoms with Gasteiger partial charge >= 0.3 is 0 Å². The number of ether oxygens (including phenoxy) is 1. The lowest BCUT2D eigenvalue weighted by atomic mass is 10.2. The molecule has 0 aliphatic carbocycles. The van der Waals surface area contributed by atoms with E-state index in [1.54, 1.807) is 0 Å². The molecule has 0 aromatic carbocycles. The first kappa shape index (κ1) is 12.1. The van der Waals surface area contributed by atoms with Gasteiger partial charge in [0.2, 0.25) is 11.2 Å². The number of nitrogens with one attached hydrogen (secondary N) is 1. The van der Waals surface area contributed by atoms with Gasteiger partial charge in [0.25, 0.3) is 0 Å². The molecule has 2 heterocycles. The summed E-state index contributed by atoms with van der Waals surface area (Å²) in [5.74, 6) is 0.937. The minimum absolute atomic E-state index is 0.128. The molecule has 1 aliphatic rings. The number of hydrogen-bond acceptors (Lipinski definition) is 5. The molecule has 5 nitrogen and oxygen atoms in total. The monoisotopic (exact) mass is 238 g/mol. The van der Waals surface area contributed by atoms with Crippen molar-refractivity contribution in [2.75, 3.05) is 26.7 Å². The molecule has 17 heavy (non-hydrogen) atoms. The molecule has 1 saturated heterocycles. The summed E-state index contributed by atoms with van der Waals surface area (Å²) in [6.45, 7) is 5.75. The molecule has 0 unspecified atom stereocenters. The van der Waals surface area contributed by atoms with Gasteiger partial charge in [-0.1, -0.05) is 0 Å². The average molecular weight is 238 g/mol. The molecule has 0 radical (unpaired) electrons. The van der Waals surface area contributed by atoms with Crippen LogP contribution in [0, 0.1) is 0 Å². The van der Waals surface area contributed by atoms with E-state index >= 15 is 0 Å². The standard InChI is InChI=1S/C12H18N2O3/c1-9-6-13-3-4-14(9)7-10-5-11(15)12(16-2)8-17-10/h5,8-9,13H,3-4,6-7H2,1-2H3/t9-/m0/s1. The number of piperazine rings is 1. The Morgan fingerprint density at radius 2 is 2.47 bits per heavy atom. The number of nitrogens with zero attached hydrogens (tertiary/aromatic N) is 1. The first-order valence-electron chi connectivity index (χ1n) is 5.81. The van der Waals surface area contributed by atoms with E-state index in [9.17, 15) is 4.79 Å². The third-order valence-electron chi connectivity index (χ3n) is 3.07. The minimum Gasteiger partial charge on any atom is -0.490 e. The zero-order chi connectivity index (χ0) is 12.3. The van der Waals surface area contributed by atoms with E-state index < -0.39 is 0 Å². The predicted molar refractivity (Wildman–Crippen MR) is 64.3 cm³/mol. The molecule has 0 spiro atoms. The summed E-state index contributed by atoms with van der Waals surface area (Å²) in [4.78, 5) is 13.9. The molecular formula is C12H18N2O3. The SMILES string of the molecule is COc1coc(CN2CCNC[C@@H]2C)cc1=O. The highest BCUT2D eigenvalue weighted by Crippen LogP contribution is 2.11. The molecule has 1 aliphatic heterocycles. The van der Waals surface area contributed by atoms with E-state index in [-0.39, 0.29) is 11.2 Å². The van der Waals surface area contributed by atoms with Gasteiger partial charge in [0.15, 0.2) is 0 Å². The number of hydrogen-bond donors (Lipinski definition) is 1. The number of rotatable bonds is 3. The van der Waals surface area contributed by atoms with Crippen molar-refractivity contribution in [2.45, 2.75) is 19.5 Å². The lowest BCUT2D eigenvalue weighted by Crippen LogP contribution is -2.49. The Labute approximate surface area is 100 Å². The molecule has 0 saturated carbocycles. The van der Waals surface area contributed by atoms with E-state index in [1.165, 1.54) is 19.4 Å². The Hall–Kier alpha value is -1.33. The summed E-state index contributed by atoms with van der Waals surface area (Å²) in [5.41, 5.74) is -0.128. The zero-order valence-electron chi connectivity index (χ0n) is 10.2. The van der Waals surface area contributed by atoms with Crippen LogP contribution in [-0.4, -0.2) is 37.7 Å². The van der Waals surface area contributed by atoms with Crippen molar-refractivity contribution in [3.8, 4) is 5.75 Å². The van der Waals surface area contributed by atoms with E-state index in [0.717, 1.165) is 19.6 Å². The summed E-state index contributed by atoms with van der Waals surface area (Å²) >= 11 is 0. The second-order valence-corrected chi connectivity index (χ2v) is 4.30. The maximum Gasteiger partial charge on any atom is 0.227 e. The molecule has 5 heteroatoms. The summed E-state index contributed by atoms with van der Waals surface area (Å²) in [5, 5.41) is 3.33. The molecule has 1 N–H and O–H groups in total.